The Hall–Kier alpha value is -2.20. The third kappa shape index (κ3) is 2.42. The highest BCUT2D eigenvalue weighted by molar-refractivity contribution is 7.98. The van der Waals surface area contributed by atoms with E-state index in [1.165, 1.54) is 4.90 Å². The van der Waals surface area contributed by atoms with E-state index in [1.54, 1.807) is 11.8 Å². The second-order valence-corrected chi connectivity index (χ2v) is 5.31. The molecule has 0 spiro atoms. The fourth-order valence-corrected chi connectivity index (χ4v) is 2.54. The lowest BCUT2D eigenvalue weighted by molar-refractivity contribution is 0.893. The summed E-state index contributed by atoms with van der Waals surface area (Å²) in [4.78, 5) is 1.24. The van der Waals surface area contributed by atoms with Crippen LogP contribution < -0.4 is 5.73 Å². The number of aromatic nitrogens is 2. The minimum atomic E-state index is 0.526. The molecular formula is C16H15N3S. The number of nitrogens with zero attached hydrogens (tertiary/aromatic N) is 2. The average Bonchev–Trinajstić information content (AvgIpc) is 2.90. The van der Waals surface area contributed by atoms with Gasteiger partial charge in [-0.15, -0.1) is 11.8 Å². The van der Waals surface area contributed by atoms with Crippen molar-refractivity contribution >= 4 is 17.6 Å². The van der Waals surface area contributed by atoms with Gasteiger partial charge in [0.15, 0.2) is 0 Å². The molecule has 3 aromatic rings. The van der Waals surface area contributed by atoms with Gasteiger partial charge in [0.1, 0.15) is 5.82 Å². The standard InChI is InChI=1S/C16H15N3S/c1-20-14-9-7-12(8-10-14)15-11-16(17)18-19(15)13-5-3-2-4-6-13/h2-11H,1H3,(H2,17,18). The van der Waals surface area contributed by atoms with Crippen molar-refractivity contribution in [2.24, 2.45) is 0 Å². The smallest absolute Gasteiger partial charge is 0.146 e. The Labute approximate surface area is 122 Å². The number of thioether (sulfide) groups is 1. The molecule has 0 fully saturated rings. The Balaban J connectivity index is 2.09. The van der Waals surface area contributed by atoms with E-state index in [0.29, 0.717) is 5.82 Å². The average molecular weight is 281 g/mol. The second kappa shape index (κ2) is 5.43. The molecule has 3 rings (SSSR count). The summed E-state index contributed by atoms with van der Waals surface area (Å²) in [6.07, 6.45) is 2.07. The van der Waals surface area contributed by atoms with Gasteiger partial charge in [0, 0.05) is 16.5 Å². The topological polar surface area (TPSA) is 43.8 Å². The van der Waals surface area contributed by atoms with Gasteiger partial charge in [-0.3, -0.25) is 0 Å². The fourth-order valence-electron chi connectivity index (χ4n) is 2.13. The van der Waals surface area contributed by atoms with Crippen LogP contribution in [0.2, 0.25) is 0 Å². The van der Waals surface area contributed by atoms with Crippen molar-refractivity contribution in [3.8, 4) is 16.9 Å². The maximum atomic E-state index is 5.87. The number of nitrogen functional groups attached to an aromatic ring is 1. The maximum Gasteiger partial charge on any atom is 0.146 e. The minimum absolute atomic E-state index is 0.526. The molecule has 0 radical (unpaired) electrons. The molecule has 0 aliphatic rings. The first-order valence-electron chi connectivity index (χ1n) is 6.33. The molecule has 2 aromatic carbocycles. The lowest BCUT2D eigenvalue weighted by Gasteiger charge is -2.07. The maximum absolute atomic E-state index is 5.87. The van der Waals surface area contributed by atoms with Crippen molar-refractivity contribution < 1.29 is 0 Å². The molecule has 3 nitrogen and oxygen atoms in total. The number of anilines is 1. The highest BCUT2D eigenvalue weighted by atomic mass is 32.2. The van der Waals surface area contributed by atoms with Crippen molar-refractivity contribution in [2.75, 3.05) is 12.0 Å². The summed E-state index contributed by atoms with van der Waals surface area (Å²) < 4.78 is 1.88. The molecule has 0 amide bonds. The van der Waals surface area contributed by atoms with E-state index in [-0.39, 0.29) is 0 Å². The molecule has 100 valence electrons. The minimum Gasteiger partial charge on any atom is -0.382 e. The summed E-state index contributed by atoms with van der Waals surface area (Å²) in [5.41, 5.74) is 8.99. The zero-order chi connectivity index (χ0) is 13.9. The fraction of sp³-hybridized carbons (Fsp3) is 0.0625. The quantitative estimate of drug-likeness (QED) is 0.742. The van der Waals surface area contributed by atoms with E-state index in [4.69, 9.17) is 5.73 Å². The summed E-state index contributed by atoms with van der Waals surface area (Å²) >= 11 is 1.73. The Morgan fingerprint density at radius 1 is 1.00 bits per heavy atom. The molecule has 0 saturated carbocycles. The SMILES string of the molecule is CSc1ccc(-c2cc(N)nn2-c2ccccc2)cc1. The molecule has 0 saturated heterocycles. The van der Waals surface area contributed by atoms with Gasteiger partial charge in [-0.2, -0.15) is 5.10 Å². The monoisotopic (exact) mass is 281 g/mol. The number of para-hydroxylation sites is 1. The van der Waals surface area contributed by atoms with E-state index in [1.807, 2.05) is 41.1 Å². The van der Waals surface area contributed by atoms with Crippen LogP contribution in [-0.4, -0.2) is 16.0 Å². The Bertz CT molecular complexity index is 702. The number of benzene rings is 2. The number of hydrogen-bond donors (Lipinski definition) is 1. The van der Waals surface area contributed by atoms with E-state index in [0.717, 1.165) is 16.9 Å². The summed E-state index contributed by atoms with van der Waals surface area (Å²) in [5, 5.41) is 4.39. The molecule has 4 heteroatoms. The van der Waals surface area contributed by atoms with E-state index >= 15 is 0 Å². The van der Waals surface area contributed by atoms with Crippen molar-refractivity contribution in [1.82, 2.24) is 9.78 Å². The highest BCUT2D eigenvalue weighted by Gasteiger charge is 2.09. The molecule has 20 heavy (non-hydrogen) atoms. The largest absolute Gasteiger partial charge is 0.382 e. The third-order valence-corrected chi connectivity index (χ3v) is 3.86. The van der Waals surface area contributed by atoms with Crippen LogP contribution in [0.5, 0.6) is 0 Å². The zero-order valence-electron chi connectivity index (χ0n) is 11.2. The first-order valence-corrected chi connectivity index (χ1v) is 7.56. The predicted octanol–water partition coefficient (Wildman–Crippen LogP) is 3.84. The second-order valence-electron chi connectivity index (χ2n) is 4.43. The van der Waals surface area contributed by atoms with Crippen molar-refractivity contribution in [1.29, 1.82) is 0 Å². The van der Waals surface area contributed by atoms with Gasteiger partial charge in [0.05, 0.1) is 11.4 Å². The van der Waals surface area contributed by atoms with Gasteiger partial charge in [-0.25, -0.2) is 4.68 Å². The van der Waals surface area contributed by atoms with E-state index in [9.17, 15) is 0 Å². The van der Waals surface area contributed by atoms with Crippen LogP contribution in [0, 0.1) is 0 Å². The molecule has 1 aromatic heterocycles. The lowest BCUT2D eigenvalue weighted by atomic mass is 10.1. The Morgan fingerprint density at radius 2 is 1.70 bits per heavy atom. The van der Waals surface area contributed by atoms with Gasteiger partial charge < -0.3 is 5.73 Å². The van der Waals surface area contributed by atoms with Gasteiger partial charge in [0.2, 0.25) is 0 Å². The predicted molar refractivity (Wildman–Crippen MR) is 85.2 cm³/mol. The number of rotatable bonds is 3. The summed E-state index contributed by atoms with van der Waals surface area (Å²) in [7, 11) is 0. The molecule has 0 aliphatic heterocycles. The molecule has 0 atom stereocenters. The van der Waals surface area contributed by atoms with E-state index in [2.05, 4.69) is 35.6 Å². The van der Waals surface area contributed by atoms with Gasteiger partial charge in [0.25, 0.3) is 0 Å². The van der Waals surface area contributed by atoms with Crippen LogP contribution in [0.15, 0.2) is 65.6 Å². The van der Waals surface area contributed by atoms with Crippen LogP contribution in [0.25, 0.3) is 16.9 Å². The van der Waals surface area contributed by atoms with Crippen LogP contribution in [-0.2, 0) is 0 Å². The van der Waals surface area contributed by atoms with E-state index < -0.39 is 0 Å². The van der Waals surface area contributed by atoms with Crippen molar-refractivity contribution in [3.05, 3.63) is 60.7 Å². The summed E-state index contributed by atoms with van der Waals surface area (Å²) in [5.74, 6) is 0.526. The van der Waals surface area contributed by atoms with Crippen LogP contribution in [0.4, 0.5) is 5.82 Å². The van der Waals surface area contributed by atoms with Gasteiger partial charge in [-0.1, -0.05) is 30.3 Å². The zero-order valence-corrected chi connectivity index (χ0v) is 12.0. The molecule has 0 bridgehead atoms. The lowest BCUT2D eigenvalue weighted by Crippen LogP contribution is -1.99. The number of hydrogen-bond acceptors (Lipinski definition) is 3. The normalized spacial score (nSPS) is 10.7. The Kier molecular flexibility index (Phi) is 3.48. The molecule has 0 unspecified atom stereocenters. The van der Waals surface area contributed by atoms with Crippen LogP contribution in [0.3, 0.4) is 0 Å². The Morgan fingerprint density at radius 3 is 2.35 bits per heavy atom. The molecule has 2 N–H and O–H groups in total. The van der Waals surface area contributed by atoms with Gasteiger partial charge in [-0.05, 0) is 30.5 Å². The molecule has 0 aliphatic carbocycles. The molecule has 1 heterocycles. The number of nitrogens with two attached hydrogens (primary N) is 1. The van der Waals surface area contributed by atoms with Crippen LogP contribution in [0.1, 0.15) is 0 Å². The third-order valence-electron chi connectivity index (χ3n) is 3.11. The van der Waals surface area contributed by atoms with Gasteiger partial charge >= 0.3 is 0 Å². The first kappa shape index (κ1) is 12.8. The molecular weight excluding hydrogens is 266 g/mol. The van der Waals surface area contributed by atoms with Crippen LogP contribution >= 0.6 is 11.8 Å². The highest BCUT2D eigenvalue weighted by Crippen LogP contribution is 2.26. The van der Waals surface area contributed by atoms with Crippen molar-refractivity contribution in [3.63, 3.8) is 0 Å². The van der Waals surface area contributed by atoms with Crippen molar-refractivity contribution in [2.45, 2.75) is 4.90 Å². The summed E-state index contributed by atoms with van der Waals surface area (Å²) in [6.45, 7) is 0. The summed E-state index contributed by atoms with van der Waals surface area (Å²) in [6, 6.07) is 20.3. The first-order chi connectivity index (χ1) is 9.78.